The van der Waals surface area contributed by atoms with Crippen LogP contribution >= 0.6 is 0 Å². The van der Waals surface area contributed by atoms with Crippen molar-refractivity contribution in [3.8, 4) is 23.2 Å². The molecule has 0 atom stereocenters. The topological polar surface area (TPSA) is 145 Å². The van der Waals surface area contributed by atoms with Gasteiger partial charge in [0.25, 0.3) is 0 Å². The predicted molar refractivity (Wildman–Crippen MR) is 144 cm³/mol. The summed E-state index contributed by atoms with van der Waals surface area (Å²) >= 11 is 0. The smallest absolute Gasteiger partial charge is 0.208 e. The van der Waals surface area contributed by atoms with Crippen LogP contribution in [0, 0.1) is 18.3 Å². The highest BCUT2D eigenvalue weighted by atomic mass is 16.5. The molecule has 1 aliphatic rings. The molecule has 0 amide bonds. The molecule has 3 N–H and O–H groups in total. The molecule has 0 bridgehead atoms. The lowest BCUT2D eigenvalue weighted by Gasteiger charge is -2.33. The van der Waals surface area contributed by atoms with Gasteiger partial charge in [0.1, 0.15) is 23.2 Å². The van der Waals surface area contributed by atoms with E-state index in [2.05, 4.69) is 47.0 Å². The Morgan fingerprint density at radius 3 is 2.66 bits per heavy atom. The van der Waals surface area contributed by atoms with Crippen molar-refractivity contribution in [2.24, 2.45) is 7.05 Å². The molecular formula is C26H25N11O. The quantitative estimate of drug-likeness (QED) is 0.295. The number of nitriles is 1. The Bertz CT molecular complexity index is 1690. The Balaban J connectivity index is 1.37. The number of aromatic nitrogens is 7. The normalized spacial score (nSPS) is 12.7. The highest BCUT2D eigenvalue weighted by Crippen LogP contribution is 2.38. The van der Waals surface area contributed by atoms with Gasteiger partial charge < -0.3 is 25.3 Å². The summed E-state index contributed by atoms with van der Waals surface area (Å²) in [6.45, 7) is 3.84. The summed E-state index contributed by atoms with van der Waals surface area (Å²) in [7, 11) is 3.32. The molecule has 0 aliphatic carbocycles. The van der Waals surface area contributed by atoms with Crippen molar-refractivity contribution in [3.63, 3.8) is 0 Å². The molecule has 2 aromatic carbocycles. The zero-order valence-electron chi connectivity index (χ0n) is 21.1. The van der Waals surface area contributed by atoms with Crippen LogP contribution in [0.1, 0.15) is 17.8 Å². The van der Waals surface area contributed by atoms with E-state index in [9.17, 15) is 5.26 Å². The average Bonchev–Trinajstić information content (AvgIpc) is 3.48. The number of tetrazole rings is 1. The fourth-order valence-electron chi connectivity index (χ4n) is 4.52. The van der Waals surface area contributed by atoms with Crippen LogP contribution in [0.25, 0.3) is 22.6 Å². The van der Waals surface area contributed by atoms with Crippen molar-refractivity contribution in [1.29, 1.82) is 5.26 Å². The number of aromatic amines is 1. The van der Waals surface area contributed by atoms with Crippen LogP contribution in [-0.4, -0.2) is 55.4 Å². The standard InChI is InChI=1S/C26H25N11O/c1-15-28-23-20(31-19-7-4-6-18(24(19)38-3)25-33-35-36(2)34-25)13-22(32-26(23)29-15)30-17-8-9-21(16(12-17)14-27)37-10-5-11-37/h4,6-9,12-13H,5,10-11H2,1-3H3,(H3,28,29,30,31,32). The number of pyridine rings is 1. The average molecular weight is 508 g/mol. The molecular weight excluding hydrogens is 482 g/mol. The van der Waals surface area contributed by atoms with Crippen LogP contribution in [0.15, 0.2) is 42.5 Å². The second-order valence-corrected chi connectivity index (χ2v) is 9.00. The van der Waals surface area contributed by atoms with Crippen molar-refractivity contribution in [1.82, 2.24) is 35.2 Å². The van der Waals surface area contributed by atoms with Gasteiger partial charge in [-0.1, -0.05) is 6.07 Å². The SMILES string of the molecule is COc1c(Nc2cc(Nc3ccc(N4CCC4)c(C#N)c3)nc3[nH]c(C)nc23)cccc1-c1nnn(C)n1. The summed E-state index contributed by atoms with van der Waals surface area (Å²) in [5, 5.41) is 28.9. The number of benzene rings is 2. The van der Waals surface area contributed by atoms with E-state index >= 15 is 0 Å². The van der Waals surface area contributed by atoms with E-state index in [0.29, 0.717) is 45.4 Å². The number of anilines is 5. The maximum absolute atomic E-state index is 9.72. The fraction of sp³-hybridized carbons (Fsp3) is 0.231. The molecule has 1 aliphatic heterocycles. The fourth-order valence-corrected chi connectivity index (χ4v) is 4.52. The highest BCUT2D eigenvalue weighted by Gasteiger charge is 2.19. The molecule has 6 rings (SSSR count). The minimum atomic E-state index is 0.459. The van der Waals surface area contributed by atoms with E-state index in [1.54, 1.807) is 14.2 Å². The molecule has 3 aromatic heterocycles. The molecule has 12 nitrogen and oxygen atoms in total. The number of hydrogen-bond donors (Lipinski definition) is 3. The predicted octanol–water partition coefficient (Wildman–Crippen LogP) is 4.03. The lowest BCUT2D eigenvalue weighted by Crippen LogP contribution is -2.37. The first-order chi connectivity index (χ1) is 18.5. The summed E-state index contributed by atoms with van der Waals surface area (Å²) in [5.41, 5.74) is 5.81. The van der Waals surface area contributed by atoms with Gasteiger partial charge in [0.05, 0.1) is 42.3 Å². The van der Waals surface area contributed by atoms with Gasteiger partial charge in [0.2, 0.25) is 5.82 Å². The number of rotatable bonds is 7. The lowest BCUT2D eigenvalue weighted by atomic mass is 10.1. The molecule has 0 radical (unpaired) electrons. The number of methoxy groups -OCH3 is 1. The number of hydrogen-bond acceptors (Lipinski definition) is 10. The Morgan fingerprint density at radius 2 is 1.95 bits per heavy atom. The Hall–Kier alpha value is -5.18. The largest absolute Gasteiger partial charge is 0.494 e. The minimum absolute atomic E-state index is 0.459. The van der Waals surface area contributed by atoms with Crippen LogP contribution in [0.2, 0.25) is 0 Å². The number of para-hydroxylation sites is 1. The van der Waals surface area contributed by atoms with Gasteiger partial charge in [0.15, 0.2) is 11.4 Å². The summed E-state index contributed by atoms with van der Waals surface area (Å²) < 4.78 is 5.75. The molecule has 0 saturated carbocycles. The zero-order chi connectivity index (χ0) is 26.2. The molecule has 190 valence electrons. The number of H-pyrrole nitrogens is 1. The van der Waals surface area contributed by atoms with E-state index in [-0.39, 0.29) is 0 Å². The molecule has 0 unspecified atom stereocenters. The van der Waals surface area contributed by atoms with Gasteiger partial charge in [-0.2, -0.15) is 10.1 Å². The Labute approximate surface area is 218 Å². The first kappa shape index (κ1) is 23.2. The van der Waals surface area contributed by atoms with Crippen molar-refractivity contribution < 1.29 is 4.74 Å². The number of aryl methyl sites for hydroxylation is 2. The summed E-state index contributed by atoms with van der Waals surface area (Å²) in [4.78, 5) is 16.2. The third-order valence-corrected chi connectivity index (χ3v) is 6.40. The Morgan fingerprint density at radius 1 is 1.08 bits per heavy atom. The lowest BCUT2D eigenvalue weighted by molar-refractivity contribution is 0.418. The van der Waals surface area contributed by atoms with Crippen LogP contribution < -0.4 is 20.3 Å². The molecule has 5 aromatic rings. The van der Waals surface area contributed by atoms with Gasteiger partial charge in [-0.3, -0.25) is 0 Å². The number of imidazole rings is 1. The van der Waals surface area contributed by atoms with Crippen LogP contribution in [0.3, 0.4) is 0 Å². The van der Waals surface area contributed by atoms with Crippen molar-refractivity contribution in [2.45, 2.75) is 13.3 Å². The van der Waals surface area contributed by atoms with Gasteiger partial charge >= 0.3 is 0 Å². The van der Waals surface area contributed by atoms with Crippen molar-refractivity contribution in [2.75, 3.05) is 35.7 Å². The summed E-state index contributed by atoms with van der Waals surface area (Å²) in [5.74, 6) is 2.37. The molecule has 0 spiro atoms. The summed E-state index contributed by atoms with van der Waals surface area (Å²) in [6, 6.07) is 15.7. The second kappa shape index (κ2) is 9.36. The monoisotopic (exact) mass is 507 g/mol. The van der Waals surface area contributed by atoms with Crippen molar-refractivity contribution >= 4 is 39.7 Å². The number of ether oxygens (including phenoxy) is 1. The maximum atomic E-state index is 9.72. The van der Waals surface area contributed by atoms with E-state index in [1.165, 1.54) is 4.80 Å². The molecule has 12 heteroatoms. The van der Waals surface area contributed by atoms with Crippen LogP contribution in [-0.2, 0) is 7.05 Å². The van der Waals surface area contributed by atoms with E-state index < -0.39 is 0 Å². The minimum Gasteiger partial charge on any atom is -0.494 e. The molecule has 38 heavy (non-hydrogen) atoms. The van der Waals surface area contributed by atoms with E-state index in [1.807, 2.05) is 49.4 Å². The molecule has 4 heterocycles. The third kappa shape index (κ3) is 4.20. The van der Waals surface area contributed by atoms with Crippen molar-refractivity contribution in [3.05, 3.63) is 53.9 Å². The van der Waals surface area contributed by atoms with Gasteiger partial charge in [-0.25, -0.2) is 9.97 Å². The van der Waals surface area contributed by atoms with Gasteiger partial charge in [0, 0.05) is 24.8 Å². The van der Waals surface area contributed by atoms with E-state index in [4.69, 9.17) is 9.72 Å². The highest BCUT2D eigenvalue weighted by molar-refractivity contribution is 5.92. The number of fused-ring (bicyclic) bond motifs is 1. The number of nitrogens with zero attached hydrogens (tertiary/aromatic N) is 8. The number of nitrogens with one attached hydrogen (secondary N) is 3. The van der Waals surface area contributed by atoms with Crippen LogP contribution in [0.5, 0.6) is 5.75 Å². The first-order valence-corrected chi connectivity index (χ1v) is 12.1. The Kier molecular flexibility index (Phi) is 5.72. The zero-order valence-corrected chi connectivity index (χ0v) is 21.1. The van der Waals surface area contributed by atoms with Gasteiger partial charge in [-0.15, -0.1) is 10.2 Å². The summed E-state index contributed by atoms with van der Waals surface area (Å²) in [6.07, 6.45) is 1.15. The maximum Gasteiger partial charge on any atom is 0.208 e. The first-order valence-electron chi connectivity index (χ1n) is 12.1. The molecule has 1 fully saturated rings. The second-order valence-electron chi connectivity index (χ2n) is 9.00. The van der Waals surface area contributed by atoms with Gasteiger partial charge in [-0.05, 0) is 48.9 Å². The van der Waals surface area contributed by atoms with E-state index in [0.717, 1.165) is 42.4 Å². The molecule has 1 saturated heterocycles. The van der Waals surface area contributed by atoms with Crippen LogP contribution in [0.4, 0.5) is 28.6 Å². The third-order valence-electron chi connectivity index (χ3n) is 6.40.